The van der Waals surface area contributed by atoms with Crippen molar-refractivity contribution in [2.75, 3.05) is 26.7 Å². The molecule has 1 saturated heterocycles. The second-order valence-electron chi connectivity index (χ2n) is 7.84. The van der Waals surface area contributed by atoms with E-state index < -0.39 is 0 Å². The molecule has 6 heteroatoms. The molecule has 0 spiro atoms. The van der Waals surface area contributed by atoms with Gasteiger partial charge in [-0.15, -0.1) is 0 Å². The first-order valence-electron chi connectivity index (χ1n) is 10.4. The van der Waals surface area contributed by atoms with Gasteiger partial charge in [-0.05, 0) is 75.2 Å². The number of benzene rings is 2. The molecule has 0 unspecified atom stereocenters. The average molecular weight is 445 g/mol. The van der Waals surface area contributed by atoms with Gasteiger partial charge in [0.1, 0.15) is 5.75 Å². The molecule has 1 aliphatic heterocycles. The molecule has 0 amide bonds. The van der Waals surface area contributed by atoms with Gasteiger partial charge in [-0.25, -0.2) is 0 Å². The van der Waals surface area contributed by atoms with Crippen molar-refractivity contribution < 1.29 is 9.53 Å². The monoisotopic (exact) mass is 444 g/mol. The Labute approximate surface area is 187 Å². The van der Waals surface area contributed by atoms with E-state index in [1.807, 2.05) is 25.1 Å². The van der Waals surface area contributed by atoms with Crippen LogP contribution in [0, 0.1) is 6.92 Å². The largest absolute Gasteiger partial charge is 0.497 e. The Kier molecular flexibility index (Phi) is 6.37. The second-order valence-corrected chi connectivity index (χ2v) is 8.63. The Hall–Kier alpha value is -2.01. The lowest BCUT2D eigenvalue weighted by Gasteiger charge is -2.26. The van der Waals surface area contributed by atoms with E-state index in [1.165, 1.54) is 24.8 Å². The van der Waals surface area contributed by atoms with Gasteiger partial charge in [-0.1, -0.05) is 35.7 Å². The smallest absolute Gasteiger partial charge is 0.264 e. The number of methoxy groups -OCH3 is 1. The van der Waals surface area contributed by atoms with Crippen LogP contribution in [-0.2, 0) is 6.42 Å². The van der Waals surface area contributed by atoms with Crippen LogP contribution in [0.2, 0.25) is 10.0 Å². The molecule has 1 aliphatic rings. The highest BCUT2D eigenvalue weighted by Crippen LogP contribution is 2.33. The minimum absolute atomic E-state index is 0.167. The number of nitrogens with zero attached hydrogens (tertiary/aromatic N) is 2. The lowest BCUT2D eigenvalue weighted by Crippen LogP contribution is -2.31. The Morgan fingerprint density at radius 1 is 1.10 bits per heavy atom. The molecule has 1 fully saturated rings. The highest BCUT2D eigenvalue weighted by atomic mass is 35.5. The maximum atomic E-state index is 13.5. The number of halogens is 2. The molecule has 158 valence electrons. The number of fused-ring (bicyclic) bond motifs is 1. The summed E-state index contributed by atoms with van der Waals surface area (Å²) >= 11 is 12.5. The Morgan fingerprint density at radius 3 is 2.60 bits per heavy atom. The topological polar surface area (TPSA) is 34.5 Å². The van der Waals surface area contributed by atoms with Crippen LogP contribution in [0.25, 0.3) is 10.9 Å². The summed E-state index contributed by atoms with van der Waals surface area (Å²) in [5.74, 6) is 0.617. The second kappa shape index (κ2) is 9.01. The first kappa shape index (κ1) is 21.2. The zero-order valence-corrected chi connectivity index (χ0v) is 18.9. The molecular formula is C24H26Cl2N2O2. The van der Waals surface area contributed by atoms with Crippen molar-refractivity contribution >= 4 is 40.0 Å². The van der Waals surface area contributed by atoms with Gasteiger partial charge in [0.25, 0.3) is 5.91 Å². The third kappa shape index (κ3) is 3.96. The highest BCUT2D eigenvalue weighted by molar-refractivity contribution is 6.44. The average Bonchev–Trinajstić information content (AvgIpc) is 3.04. The number of rotatable bonds is 5. The molecule has 4 rings (SSSR count). The zero-order valence-electron chi connectivity index (χ0n) is 17.4. The van der Waals surface area contributed by atoms with E-state index in [0.717, 1.165) is 48.4 Å². The fourth-order valence-electron chi connectivity index (χ4n) is 4.41. The first-order valence-corrected chi connectivity index (χ1v) is 11.2. The minimum atomic E-state index is -0.167. The van der Waals surface area contributed by atoms with Gasteiger partial charge in [0, 0.05) is 17.6 Å². The maximum Gasteiger partial charge on any atom is 0.264 e. The number of likely N-dealkylation sites (tertiary alicyclic amines) is 1. The van der Waals surface area contributed by atoms with Crippen LogP contribution in [0.3, 0.4) is 0 Å². The summed E-state index contributed by atoms with van der Waals surface area (Å²) in [5, 5.41) is 1.72. The first-order chi connectivity index (χ1) is 14.5. The minimum Gasteiger partial charge on any atom is -0.497 e. The molecule has 3 aromatic rings. The lowest BCUT2D eigenvalue weighted by molar-refractivity contribution is 0.0963. The summed E-state index contributed by atoms with van der Waals surface area (Å²) in [6.45, 7) is 5.30. The number of aromatic nitrogens is 1. The summed E-state index contributed by atoms with van der Waals surface area (Å²) in [5.41, 5.74) is 3.39. The van der Waals surface area contributed by atoms with Crippen LogP contribution >= 0.6 is 23.2 Å². The van der Waals surface area contributed by atoms with Crippen molar-refractivity contribution in [1.82, 2.24) is 9.47 Å². The number of ether oxygens (including phenoxy) is 1. The predicted octanol–water partition coefficient (Wildman–Crippen LogP) is 5.98. The van der Waals surface area contributed by atoms with Crippen molar-refractivity contribution in [3.05, 3.63) is 63.3 Å². The molecule has 1 aromatic heterocycles. The number of carbonyl (C=O) groups is 1. The summed E-state index contributed by atoms with van der Waals surface area (Å²) in [6.07, 6.45) is 4.74. The fourth-order valence-corrected chi connectivity index (χ4v) is 4.79. The van der Waals surface area contributed by atoms with Gasteiger partial charge in [0.05, 0.1) is 28.2 Å². The van der Waals surface area contributed by atoms with Gasteiger partial charge < -0.3 is 9.64 Å². The van der Waals surface area contributed by atoms with Gasteiger partial charge >= 0.3 is 0 Å². The summed E-state index contributed by atoms with van der Waals surface area (Å²) in [4.78, 5) is 16.0. The number of hydrogen-bond acceptors (Lipinski definition) is 3. The fraction of sp³-hybridized carbons (Fsp3) is 0.375. The number of hydrogen-bond donors (Lipinski definition) is 0. The molecule has 0 saturated carbocycles. The zero-order chi connectivity index (χ0) is 21.3. The molecule has 0 atom stereocenters. The van der Waals surface area contributed by atoms with Gasteiger partial charge in [-0.3, -0.25) is 9.36 Å². The Morgan fingerprint density at radius 2 is 1.87 bits per heavy atom. The van der Waals surface area contributed by atoms with Crippen LogP contribution in [0.15, 0.2) is 36.4 Å². The van der Waals surface area contributed by atoms with Crippen LogP contribution < -0.4 is 4.74 Å². The highest BCUT2D eigenvalue weighted by Gasteiger charge is 2.23. The summed E-state index contributed by atoms with van der Waals surface area (Å²) in [7, 11) is 1.66. The van der Waals surface area contributed by atoms with E-state index >= 15 is 0 Å². The maximum absolute atomic E-state index is 13.5. The Bertz CT molecular complexity index is 1080. The van der Waals surface area contributed by atoms with E-state index in [0.29, 0.717) is 10.6 Å². The molecule has 0 N–H and O–H groups in total. The van der Waals surface area contributed by atoms with Crippen molar-refractivity contribution in [2.45, 2.75) is 32.6 Å². The van der Waals surface area contributed by atoms with Gasteiger partial charge in [0.2, 0.25) is 0 Å². The Balaban J connectivity index is 1.78. The van der Waals surface area contributed by atoms with Gasteiger partial charge in [-0.2, -0.15) is 0 Å². The molecule has 2 aromatic carbocycles. The van der Waals surface area contributed by atoms with Crippen LogP contribution in [-0.4, -0.2) is 42.1 Å². The SMILES string of the molecule is COc1ccc2c(c1)c(CCN1CCCCC1)c(C)n2C(=O)c1cccc(Cl)c1Cl. The van der Waals surface area contributed by atoms with E-state index in [2.05, 4.69) is 4.90 Å². The van der Waals surface area contributed by atoms with E-state index in [-0.39, 0.29) is 10.9 Å². The normalized spacial score (nSPS) is 14.9. The third-order valence-electron chi connectivity index (χ3n) is 6.05. The molecule has 0 aliphatic carbocycles. The van der Waals surface area contributed by atoms with E-state index in [9.17, 15) is 4.79 Å². The van der Waals surface area contributed by atoms with E-state index in [1.54, 1.807) is 29.9 Å². The van der Waals surface area contributed by atoms with E-state index in [4.69, 9.17) is 27.9 Å². The van der Waals surface area contributed by atoms with Crippen LogP contribution in [0.1, 0.15) is 40.9 Å². The molecule has 0 radical (unpaired) electrons. The quantitative estimate of drug-likeness (QED) is 0.485. The third-order valence-corrected chi connectivity index (χ3v) is 6.87. The standard InChI is InChI=1S/C24H26Cl2N2O2/c1-16-18(11-14-27-12-4-3-5-13-27)20-15-17(30-2)9-10-22(20)28(16)24(29)19-7-6-8-21(25)23(19)26/h6-10,15H,3-5,11-14H2,1-2H3. The summed E-state index contributed by atoms with van der Waals surface area (Å²) < 4.78 is 7.22. The summed E-state index contributed by atoms with van der Waals surface area (Å²) in [6, 6.07) is 11.0. The molecule has 4 nitrogen and oxygen atoms in total. The number of piperidine rings is 1. The molecule has 0 bridgehead atoms. The lowest BCUT2D eigenvalue weighted by atomic mass is 10.1. The van der Waals surface area contributed by atoms with Crippen LogP contribution in [0.4, 0.5) is 0 Å². The van der Waals surface area contributed by atoms with Crippen LogP contribution in [0.5, 0.6) is 5.75 Å². The van der Waals surface area contributed by atoms with Crippen molar-refractivity contribution in [1.29, 1.82) is 0 Å². The van der Waals surface area contributed by atoms with Crippen molar-refractivity contribution in [2.24, 2.45) is 0 Å². The van der Waals surface area contributed by atoms with Crippen molar-refractivity contribution in [3.63, 3.8) is 0 Å². The predicted molar refractivity (Wildman–Crippen MR) is 123 cm³/mol. The number of carbonyl (C=O) groups excluding carboxylic acids is 1. The molecule has 30 heavy (non-hydrogen) atoms. The van der Waals surface area contributed by atoms with Crippen molar-refractivity contribution in [3.8, 4) is 5.75 Å². The van der Waals surface area contributed by atoms with Gasteiger partial charge in [0.15, 0.2) is 0 Å². The molecular weight excluding hydrogens is 419 g/mol. The molecule has 2 heterocycles.